The Morgan fingerprint density at radius 1 is 1.07 bits per heavy atom. The van der Waals surface area contributed by atoms with Crippen molar-refractivity contribution in [1.29, 1.82) is 0 Å². The number of carbonyl (C=O) groups excluding carboxylic acids is 2. The zero-order valence-corrected chi connectivity index (χ0v) is 16.9. The highest BCUT2D eigenvalue weighted by Crippen LogP contribution is 2.36. The van der Waals surface area contributed by atoms with Gasteiger partial charge in [-0.15, -0.1) is 0 Å². The number of rotatable bonds is 5. The Morgan fingerprint density at radius 2 is 1.87 bits per heavy atom. The number of aromatic nitrogens is 2. The molecule has 1 aliphatic rings. The minimum Gasteiger partial charge on any atom is -0.359 e. The molecule has 3 aromatic rings. The van der Waals surface area contributed by atoms with Crippen LogP contribution in [0.3, 0.4) is 0 Å². The van der Waals surface area contributed by atoms with E-state index in [1.54, 1.807) is 11.9 Å². The van der Waals surface area contributed by atoms with Crippen molar-refractivity contribution in [3.8, 4) is 11.1 Å². The zero-order valence-electron chi connectivity index (χ0n) is 16.9. The van der Waals surface area contributed by atoms with E-state index in [4.69, 9.17) is 0 Å². The van der Waals surface area contributed by atoms with Crippen molar-refractivity contribution < 1.29 is 9.59 Å². The van der Waals surface area contributed by atoms with Crippen molar-refractivity contribution in [2.75, 3.05) is 20.1 Å². The first-order chi connectivity index (χ1) is 14.6. The molecule has 0 spiro atoms. The first-order valence-corrected chi connectivity index (χ1v) is 10.0. The lowest BCUT2D eigenvalue weighted by Gasteiger charge is -2.28. The van der Waals surface area contributed by atoms with Crippen LogP contribution in [0.15, 0.2) is 73.2 Å². The Balaban J connectivity index is 1.59. The third-order valence-electron chi connectivity index (χ3n) is 5.71. The topological polar surface area (TPSA) is 75.2 Å². The number of carbonyl (C=O) groups is 2. The summed E-state index contributed by atoms with van der Waals surface area (Å²) >= 11 is 0. The highest BCUT2D eigenvalue weighted by Gasteiger charge is 2.45. The van der Waals surface area contributed by atoms with Crippen LogP contribution in [-0.2, 0) is 11.2 Å². The fourth-order valence-electron chi connectivity index (χ4n) is 4.17. The van der Waals surface area contributed by atoms with Gasteiger partial charge in [-0.1, -0.05) is 54.6 Å². The molecule has 1 saturated heterocycles. The fourth-order valence-corrected chi connectivity index (χ4v) is 4.17. The van der Waals surface area contributed by atoms with Crippen LogP contribution in [0.2, 0.25) is 0 Å². The predicted molar refractivity (Wildman–Crippen MR) is 115 cm³/mol. The molecule has 2 amide bonds. The van der Waals surface area contributed by atoms with Gasteiger partial charge in [0.25, 0.3) is 5.91 Å². The molecule has 1 aromatic heterocycles. The first kappa shape index (κ1) is 19.8. The van der Waals surface area contributed by atoms with Gasteiger partial charge in [0.05, 0.1) is 11.6 Å². The van der Waals surface area contributed by atoms with Gasteiger partial charge >= 0.3 is 0 Å². The normalized spacial score (nSPS) is 18.2. The monoisotopic (exact) mass is 400 g/mol. The molecule has 2 heterocycles. The fraction of sp³-hybridized carbons (Fsp3) is 0.250. The Bertz CT molecular complexity index is 1040. The third-order valence-corrected chi connectivity index (χ3v) is 5.71. The van der Waals surface area contributed by atoms with E-state index in [-0.39, 0.29) is 11.8 Å². The summed E-state index contributed by atoms with van der Waals surface area (Å²) in [6.07, 6.45) is 5.68. The van der Waals surface area contributed by atoms with Gasteiger partial charge in [-0.05, 0) is 29.5 Å². The first-order valence-electron chi connectivity index (χ1n) is 10.0. The van der Waals surface area contributed by atoms with Gasteiger partial charge in [-0.3, -0.25) is 14.6 Å². The summed E-state index contributed by atoms with van der Waals surface area (Å²) in [5, 5.41) is 2.81. The number of amides is 2. The lowest BCUT2D eigenvalue weighted by Crippen LogP contribution is -2.44. The van der Waals surface area contributed by atoms with E-state index in [2.05, 4.69) is 39.6 Å². The Morgan fingerprint density at radius 3 is 2.60 bits per heavy atom. The van der Waals surface area contributed by atoms with Crippen molar-refractivity contribution >= 4 is 11.8 Å². The molecule has 6 heteroatoms. The van der Waals surface area contributed by atoms with E-state index in [0.717, 1.165) is 16.7 Å². The van der Waals surface area contributed by atoms with Crippen molar-refractivity contribution in [1.82, 2.24) is 20.2 Å². The van der Waals surface area contributed by atoms with Crippen molar-refractivity contribution in [2.45, 2.75) is 12.8 Å². The number of hydrogen-bond donors (Lipinski definition) is 1. The summed E-state index contributed by atoms with van der Waals surface area (Å²) in [5.41, 5.74) is 2.97. The van der Waals surface area contributed by atoms with Gasteiger partial charge in [0, 0.05) is 32.5 Å². The van der Waals surface area contributed by atoms with Gasteiger partial charge in [0.15, 0.2) is 0 Å². The molecule has 0 saturated carbocycles. The van der Waals surface area contributed by atoms with Crippen LogP contribution >= 0.6 is 0 Å². The minimum atomic E-state index is -0.665. The molecule has 1 fully saturated rings. The van der Waals surface area contributed by atoms with Crippen molar-refractivity contribution in [3.05, 3.63) is 84.4 Å². The Hall–Kier alpha value is -3.54. The molecule has 0 unspecified atom stereocenters. The van der Waals surface area contributed by atoms with Gasteiger partial charge in [0.1, 0.15) is 5.69 Å². The molecule has 2 aromatic carbocycles. The highest BCUT2D eigenvalue weighted by atomic mass is 16.2. The number of nitrogens with zero attached hydrogens (tertiary/aromatic N) is 3. The number of likely N-dealkylation sites (tertiary alicyclic amines) is 1. The minimum absolute atomic E-state index is 0.0398. The van der Waals surface area contributed by atoms with E-state index in [0.29, 0.717) is 31.6 Å². The number of hydrogen-bond acceptors (Lipinski definition) is 4. The predicted octanol–water partition coefficient (Wildman–Crippen LogP) is 2.96. The molecule has 6 nitrogen and oxygen atoms in total. The molecule has 152 valence electrons. The summed E-state index contributed by atoms with van der Waals surface area (Å²) in [4.78, 5) is 35.6. The molecule has 1 atom stereocenters. The maximum Gasteiger partial charge on any atom is 0.274 e. The van der Waals surface area contributed by atoms with Gasteiger partial charge in [-0.2, -0.15) is 0 Å². The van der Waals surface area contributed by atoms with Crippen LogP contribution in [-0.4, -0.2) is 46.8 Å². The standard InChI is InChI=1S/C24H24N4O2/c1-25-23(30)24(10-13-28(17-24)22(29)21-16-26-11-12-27-21)15-18-6-5-9-20(14-18)19-7-3-2-4-8-19/h2-9,11-12,14,16H,10,13,15,17H2,1H3,(H,25,30)/t24-/m0/s1. The van der Waals surface area contributed by atoms with Crippen LogP contribution < -0.4 is 5.32 Å². The molecular formula is C24H24N4O2. The molecule has 1 aliphatic heterocycles. The maximum atomic E-state index is 12.9. The highest BCUT2D eigenvalue weighted by molar-refractivity contribution is 5.93. The third kappa shape index (κ3) is 3.94. The summed E-state index contributed by atoms with van der Waals surface area (Å²) in [7, 11) is 1.65. The van der Waals surface area contributed by atoms with Crippen LogP contribution in [0, 0.1) is 5.41 Å². The average Bonchev–Trinajstić information content (AvgIpc) is 3.24. The van der Waals surface area contributed by atoms with Crippen LogP contribution in [0.4, 0.5) is 0 Å². The van der Waals surface area contributed by atoms with E-state index < -0.39 is 5.41 Å². The largest absolute Gasteiger partial charge is 0.359 e. The lowest BCUT2D eigenvalue weighted by molar-refractivity contribution is -0.129. The van der Waals surface area contributed by atoms with E-state index in [1.807, 2.05) is 30.3 Å². The van der Waals surface area contributed by atoms with E-state index in [1.165, 1.54) is 18.6 Å². The molecule has 30 heavy (non-hydrogen) atoms. The lowest BCUT2D eigenvalue weighted by atomic mass is 9.79. The van der Waals surface area contributed by atoms with Crippen LogP contribution in [0.1, 0.15) is 22.5 Å². The average molecular weight is 400 g/mol. The van der Waals surface area contributed by atoms with Gasteiger partial charge in [0.2, 0.25) is 5.91 Å². The van der Waals surface area contributed by atoms with Crippen molar-refractivity contribution in [3.63, 3.8) is 0 Å². The number of nitrogens with one attached hydrogen (secondary N) is 1. The molecule has 0 bridgehead atoms. The molecule has 1 N–H and O–H groups in total. The maximum absolute atomic E-state index is 12.9. The van der Waals surface area contributed by atoms with E-state index >= 15 is 0 Å². The van der Waals surface area contributed by atoms with Crippen LogP contribution in [0.5, 0.6) is 0 Å². The molecule has 0 radical (unpaired) electrons. The van der Waals surface area contributed by atoms with Crippen molar-refractivity contribution in [2.24, 2.45) is 5.41 Å². The van der Waals surface area contributed by atoms with Gasteiger partial charge < -0.3 is 10.2 Å². The smallest absolute Gasteiger partial charge is 0.274 e. The Kier molecular flexibility index (Phi) is 5.57. The summed E-state index contributed by atoms with van der Waals surface area (Å²) < 4.78 is 0. The second kappa shape index (κ2) is 8.45. The second-order valence-electron chi connectivity index (χ2n) is 7.67. The quantitative estimate of drug-likeness (QED) is 0.715. The second-order valence-corrected chi connectivity index (χ2v) is 7.67. The zero-order chi connectivity index (χ0) is 21.0. The summed E-state index contributed by atoms with van der Waals surface area (Å²) in [5.74, 6) is -0.228. The number of benzene rings is 2. The van der Waals surface area contributed by atoms with Crippen LogP contribution in [0.25, 0.3) is 11.1 Å². The molecular weight excluding hydrogens is 376 g/mol. The summed E-state index contributed by atoms with van der Waals surface area (Å²) in [6.45, 7) is 0.874. The van der Waals surface area contributed by atoms with E-state index in [9.17, 15) is 9.59 Å². The molecule has 0 aliphatic carbocycles. The summed E-state index contributed by atoms with van der Waals surface area (Å²) in [6, 6.07) is 18.4. The SMILES string of the molecule is CNC(=O)[C@]1(Cc2cccc(-c3ccccc3)c2)CCN(C(=O)c2cnccn2)C1. The molecule has 4 rings (SSSR count). The Labute approximate surface area is 176 Å². The van der Waals surface area contributed by atoms with Gasteiger partial charge in [-0.25, -0.2) is 4.98 Å².